The lowest BCUT2D eigenvalue weighted by atomic mass is 10.1. The molecule has 1 N–H and O–H groups in total. The molecule has 0 spiro atoms. The Hall–Kier alpha value is -2.61. The molecule has 0 bridgehead atoms. The maximum absolute atomic E-state index is 13.3. The van der Waals surface area contributed by atoms with E-state index in [2.05, 4.69) is 10.3 Å². The van der Waals surface area contributed by atoms with Crippen LogP contribution in [0.4, 0.5) is 5.69 Å². The van der Waals surface area contributed by atoms with Crippen LogP contribution in [0.15, 0.2) is 63.9 Å². The number of amides is 1. The largest absolute Gasteiger partial charge is 0.324 e. The van der Waals surface area contributed by atoms with Gasteiger partial charge in [-0.3, -0.25) is 14.2 Å². The highest BCUT2D eigenvalue weighted by Gasteiger charge is 2.17. The van der Waals surface area contributed by atoms with Crippen LogP contribution in [0.3, 0.4) is 0 Å². The van der Waals surface area contributed by atoms with Crippen molar-refractivity contribution in [3.8, 4) is 5.69 Å². The van der Waals surface area contributed by atoms with Crippen molar-refractivity contribution in [2.45, 2.75) is 19.0 Å². The van der Waals surface area contributed by atoms with Crippen molar-refractivity contribution >= 4 is 56.5 Å². The number of carbonyl (C=O) groups excluding carboxylic acids is 1. The molecular formula is C22H18ClN3O2S2. The van der Waals surface area contributed by atoms with Gasteiger partial charge in [-0.15, -0.1) is 11.3 Å². The van der Waals surface area contributed by atoms with Gasteiger partial charge < -0.3 is 5.32 Å². The molecule has 0 aliphatic rings. The van der Waals surface area contributed by atoms with Gasteiger partial charge in [-0.2, -0.15) is 0 Å². The Morgan fingerprint density at radius 2 is 2.00 bits per heavy atom. The number of thioether (sulfide) groups is 1. The fourth-order valence-electron chi connectivity index (χ4n) is 3.04. The standard InChI is InChI=1S/C22H18ClN3O2S2/c1-13-7-8-14(2)18(11-13)26-21(28)20-17(9-10-29-20)25-22(26)30-12-19(27)24-16-6-4-3-5-15(16)23/h3-11H,12H2,1-2H3,(H,24,27). The van der Waals surface area contributed by atoms with Crippen LogP contribution < -0.4 is 10.9 Å². The second-order valence-corrected chi connectivity index (χ2v) is 9.04. The number of nitrogens with zero attached hydrogens (tertiary/aromatic N) is 2. The molecule has 4 rings (SSSR count). The molecule has 8 heteroatoms. The summed E-state index contributed by atoms with van der Waals surface area (Å²) in [5.74, 6) is -0.127. The maximum atomic E-state index is 13.3. The second-order valence-electron chi connectivity index (χ2n) is 6.78. The number of aryl methyl sites for hydroxylation is 2. The number of hydrogen-bond donors (Lipinski definition) is 1. The van der Waals surface area contributed by atoms with Crippen LogP contribution in [0.5, 0.6) is 0 Å². The minimum Gasteiger partial charge on any atom is -0.324 e. The van der Waals surface area contributed by atoms with E-state index < -0.39 is 0 Å². The zero-order valence-electron chi connectivity index (χ0n) is 16.3. The van der Waals surface area contributed by atoms with Crippen molar-refractivity contribution in [1.82, 2.24) is 9.55 Å². The van der Waals surface area contributed by atoms with Crippen LogP contribution in [-0.2, 0) is 4.79 Å². The Balaban J connectivity index is 1.70. The Morgan fingerprint density at radius 3 is 2.80 bits per heavy atom. The van der Waals surface area contributed by atoms with Crippen LogP contribution >= 0.6 is 34.7 Å². The molecule has 152 valence electrons. The third-order valence-electron chi connectivity index (χ3n) is 4.54. The third-order valence-corrected chi connectivity index (χ3v) is 6.69. The second kappa shape index (κ2) is 8.63. The summed E-state index contributed by atoms with van der Waals surface area (Å²) in [6, 6.07) is 14.8. The number of para-hydroxylation sites is 1. The first-order valence-corrected chi connectivity index (χ1v) is 11.4. The third kappa shape index (κ3) is 4.14. The lowest BCUT2D eigenvalue weighted by molar-refractivity contribution is -0.113. The van der Waals surface area contributed by atoms with Gasteiger partial charge in [0.1, 0.15) is 4.70 Å². The molecule has 30 heavy (non-hydrogen) atoms. The summed E-state index contributed by atoms with van der Waals surface area (Å²) in [6.45, 7) is 3.94. The highest BCUT2D eigenvalue weighted by molar-refractivity contribution is 7.99. The number of nitrogens with one attached hydrogen (secondary N) is 1. The predicted octanol–water partition coefficient (Wildman–Crippen LogP) is 5.45. The summed E-state index contributed by atoms with van der Waals surface area (Å²) < 4.78 is 2.20. The topological polar surface area (TPSA) is 64.0 Å². The molecule has 0 fully saturated rings. The first-order valence-electron chi connectivity index (χ1n) is 9.19. The monoisotopic (exact) mass is 455 g/mol. The number of aromatic nitrogens is 2. The molecule has 2 heterocycles. The van der Waals surface area contributed by atoms with Gasteiger partial charge in [0.05, 0.1) is 27.7 Å². The van der Waals surface area contributed by atoms with Gasteiger partial charge in [-0.1, -0.05) is 47.6 Å². The number of benzene rings is 2. The number of rotatable bonds is 5. The van der Waals surface area contributed by atoms with Gasteiger partial charge in [0.2, 0.25) is 5.91 Å². The van der Waals surface area contributed by atoms with Crippen molar-refractivity contribution in [3.63, 3.8) is 0 Å². The summed E-state index contributed by atoms with van der Waals surface area (Å²) in [5, 5.41) is 5.61. The number of thiophene rings is 1. The Labute approximate surface area is 186 Å². The van der Waals surface area contributed by atoms with Gasteiger partial charge in [-0.25, -0.2) is 4.98 Å². The molecule has 2 aromatic heterocycles. The fraction of sp³-hybridized carbons (Fsp3) is 0.136. The minimum absolute atomic E-state index is 0.0954. The van der Waals surface area contributed by atoms with Gasteiger partial charge in [0, 0.05) is 0 Å². The Bertz CT molecular complexity index is 1310. The van der Waals surface area contributed by atoms with E-state index in [1.54, 1.807) is 28.8 Å². The molecule has 0 saturated heterocycles. The number of anilines is 1. The number of hydrogen-bond acceptors (Lipinski definition) is 5. The average Bonchev–Trinajstić information content (AvgIpc) is 3.19. The highest BCUT2D eigenvalue weighted by Crippen LogP contribution is 2.26. The molecule has 0 aliphatic carbocycles. The number of halogens is 1. The molecule has 1 amide bonds. The van der Waals surface area contributed by atoms with Crippen LogP contribution in [-0.4, -0.2) is 21.2 Å². The Kier molecular flexibility index (Phi) is 5.94. The summed E-state index contributed by atoms with van der Waals surface area (Å²) >= 11 is 8.71. The zero-order chi connectivity index (χ0) is 21.3. The van der Waals surface area contributed by atoms with E-state index in [-0.39, 0.29) is 17.2 Å². The molecule has 5 nitrogen and oxygen atoms in total. The van der Waals surface area contributed by atoms with E-state index in [9.17, 15) is 9.59 Å². The molecule has 0 aliphatic heterocycles. The molecule has 4 aromatic rings. The first-order chi connectivity index (χ1) is 14.4. The van der Waals surface area contributed by atoms with Gasteiger partial charge >= 0.3 is 0 Å². The van der Waals surface area contributed by atoms with E-state index in [0.29, 0.717) is 26.1 Å². The highest BCUT2D eigenvalue weighted by atomic mass is 35.5. The van der Waals surface area contributed by atoms with Gasteiger partial charge in [0.15, 0.2) is 5.16 Å². The molecular weight excluding hydrogens is 438 g/mol. The molecule has 0 atom stereocenters. The predicted molar refractivity (Wildman–Crippen MR) is 125 cm³/mol. The van der Waals surface area contributed by atoms with E-state index >= 15 is 0 Å². The van der Waals surface area contributed by atoms with Crippen LogP contribution in [0.1, 0.15) is 11.1 Å². The van der Waals surface area contributed by atoms with E-state index in [1.807, 2.05) is 43.5 Å². The van der Waals surface area contributed by atoms with Crippen molar-refractivity contribution in [1.29, 1.82) is 0 Å². The SMILES string of the molecule is Cc1ccc(C)c(-n2c(SCC(=O)Nc3ccccc3Cl)nc3ccsc3c2=O)c1. The van der Waals surface area contributed by atoms with Crippen molar-refractivity contribution < 1.29 is 4.79 Å². The van der Waals surface area contributed by atoms with E-state index in [1.165, 1.54) is 23.1 Å². The van der Waals surface area contributed by atoms with Crippen molar-refractivity contribution in [2.24, 2.45) is 0 Å². The zero-order valence-corrected chi connectivity index (χ0v) is 18.7. The van der Waals surface area contributed by atoms with Crippen molar-refractivity contribution in [3.05, 3.63) is 80.4 Å². The lowest BCUT2D eigenvalue weighted by Gasteiger charge is -2.15. The molecule has 2 aromatic carbocycles. The summed E-state index contributed by atoms with van der Waals surface area (Å²) in [6.07, 6.45) is 0. The molecule has 0 unspecified atom stereocenters. The maximum Gasteiger partial charge on any atom is 0.276 e. The van der Waals surface area contributed by atoms with E-state index in [0.717, 1.165) is 16.8 Å². The summed E-state index contributed by atoms with van der Waals surface area (Å²) in [7, 11) is 0. The van der Waals surface area contributed by atoms with Crippen LogP contribution in [0.25, 0.3) is 15.9 Å². The molecule has 0 radical (unpaired) electrons. The first kappa shape index (κ1) is 20.7. The summed E-state index contributed by atoms with van der Waals surface area (Å²) in [4.78, 5) is 30.4. The van der Waals surface area contributed by atoms with Gasteiger partial charge in [0.25, 0.3) is 5.56 Å². The van der Waals surface area contributed by atoms with E-state index in [4.69, 9.17) is 11.6 Å². The van der Waals surface area contributed by atoms with Crippen LogP contribution in [0.2, 0.25) is 5.02 Å². The minimum atomic E-state index is -0.222. The van der Waals surface area contributed by atoms with Gasteiger partial charge in [-0.05, 0) is 54.6 Å². The number of fused-ring (bicyclic) bond motifs is 1. The quantitative estimate of drug-likeness (QED) is 0.321. The summed E-state index contributed by atoms with van der Waals surface area (Å²) in [5.41, 5.74) is 3.84. The smallest absolute Gasteiger partial charge is 0.276 e. The number of carbonyl (C=O) groups is 1. The normalized spacial score (nSPS) is 11.0. The fourth-order valence-corrected chi connectivity index (χ4v) is 4.79. The lowest BCUT2D eigenvalue weighted by Crippen LogP contribution is -2.23. The van der Waals surface area contributed by atoms with Crippen molar-refractivity contribution in [2.75, 3.05) is 11.1 Å². The van der Waals surface area contributed by atoms with Crippen LogP contribution in [0, 0.1) is 13.8 Å². The molecule has 0 saturated carbocycles. The average molecular weight is 456 g/mol. The Morgan fingerprint density at radius 1 is 1.20 bits per heavy atom.